The number of hydrogen-bond acceptors (Lipinski definition) is 3. The molecule has 1 fully saturated rings. The highest BCUT2D eigenvalue weighted by molar-refractivity contribution is 7.80. The molecule has 0 aromatic heterocycles. The predicted octanol–water partition coefficient (Wildman–Crippen LogP) is 3.74. The lowest BCUT2D eigenvalue weighted by Crippen LogP contribution is -2.29. The summed E-state index contributed by atoms with van der Waals surface area (Å²) in [6.07, 6.45) is 3.42. The van der Waals surface area contributed by atoms with Crippen molar-refractivity contribution in [2.75, 3.05) is 30.4 Å². The highest BCUT2D eigenvalue weighted by atomic mass is 32.1. The van der Waals surface area contributed by atoms with E-state index in [1.807, 2.05) is 47.4 Å². The predicted molar refractivity (Wildman–Crippen MR) is 114 cm³/mol. The molecule has 3 rings (SSSR count). The fourth-order valence-corrected chi connectivity index (χ4v) is 3.46. The third-order valence-corrected chi connectivity index (χ3v) is 4.84. The Bertz CT molecular complexity index is 810. The number of carbonyl (C=O) groups excluding carboxylic acids is 1. The van der Waals surface area contributed by atoms with Crippen LogP contribution in [0.2, 0.25) is 0 Å². The first-order valence-corrected chi connectivity index (χ1v) is 9.65. The zero-order chi connectivity index (χ0) is 19.1. The zero-order valence-corrected chi connectivity index (χ0v) is 16.3. The molecule has 1 aliphatic heterocycles. The van der Waals surface area contributed by atoms with Crippen molar-refractivity contribution in [1.82, 2.24) is 5.32 Å². The van der Waals surface area contributed by atoms with Gasteiger partial charge in [-0.15, -0.1) is 0 Å². The van der Waals surface area contributed by atoms with E-state index in [9.17, 15) is 4.79 Å². The summed E-state index contributed by atoms with van der Waals surface area (Å²) in [5.74, 6) is 1.11. The summed E-state index contributed by atoms with van der Waals surface area (Å²) in [5.41, 5.74) is 3.00. The van der Waals surface area contributed by atoms with Crippen LogP contribution in [0.5, 0.6) is 5.75 Å². The van der Waals surface area contributed by atoms with Gasteiger partial charge in [-0.2, -0.15) is 0 Å². The number of ether oxygens (including phenoxy) is 1. The molecule has 1 heterocycles. The number of carbonyl (C=O) groups is 1. The number of amides is 1. The smallest absolute Gasteiger partial charge is 0.227 e. The SMILES string of the molecule is COc1ccccc1CCCNC(=S)Nc1cccc(N2CCCC2=O)c1. The molecule has 2 aromatic carbocycles. The largest absolute Gasteiger partial charge is 0.496 e. The van der Waals surface area contributed by atoms with E-state index in [2.05, 4.69) is 16.7 Å². The Labute approximate surface area is 165 Å². The number of benzene rings is 2. The van der Waals surface area contributed by atoms with Gasteiger partial charge in [-0.1, -0.05) is 24.3 Å². The monoisotopic (exact) mass is 383 g/mol. The fraction of sp³-hybridized carbons (Fsp3) is 0.333. The van der Waals surface area contributed by atoms with Crippen LogP contribution in [-0.4, -0.2) is 31.2 Å². The van der Waals surface area contributed by atoms with Crippen molar-refractivity contribution in [2.45, 2.75) is 25.7 Å². The lowest BCUT2D eigenvalue weighted by atomic mass is 10.1. The lowest BCUT2D eigenvalue weighted by molar-refractivity contribution is -0.117. The summed E-state index contributed by atoms with van der Waals surface area (Å²) in [4.78, 5) is 13.7. The fourth-order valence-electron chi connectivity index (χ4n) is 3.24. The van der Waals surface area contributed by atoms with Crippen LogP contribution < -0.4 is 20.3 Å². The van der Waals surface area contributed by atoms with E-state index < -0.39 is 0 Å². The van der Waals surface area contributed by atoms with Crippen molar-refractivity contribution in [2.24, 2.45) is 0 Å². The number of hydrogen-bond donors (Lipinski definition) is 2. The maximum atomic E-state index is 11.9. The zero-order valence-electron chi connectivity index (χ0n) is 15.5. The molecule has 0 aliphatic carbocycles. The van der Waals surface area contributed by atoms with Crippen LogP contribution in [0.1, 0.15) is 24.8 Å². The molecule has 27 heavy (non-hydrogen) atoms. The van der Waals surface area contributed by atoms with Gasteiger partial charge in [0.2, 0.25) is 5.91 Å². The van der Waals surface area contributed by atoms with Crippen LogP contribution in [0.3, 0.4) is 0 Å². The van der Waals surface area contributed by atoms with Crippen LogP contribution in [0.25, 0.3) is 0 Å². The number of methoxy groups -OCH3 is 1. The van der Waals surface area contributed by atoms with Gasteiger partial charge < -0.3 is 20.3 Å². The minimum absolute atomic E-state index is 0.184. The topological polar surface area (TPSA) is 53.6 Å². The number of aryl methyl sites for hydroxylation is 1. The van der Waals surface area contributed by atoms with Gasteiger partial charge in [-0.3, -0.25) is 4.79 Å². The van der Waals surface area contributed by atoms with Crippen LogP contribution in [0.15, 0.2) is 48.5 Å². The quantitative estimate of drug-likeness (QED) is 0.563. The molecule has 0 unspecified atom stereocenters. The summed E-state index contributed by atoms with van der Waals surface area (Å²) in [7, 11) is 1.69. The highest BCUT2D eigenvalue weighted by Gasteiger charge is 2.21. The molecular weight excluding hydrogens is 358 g/mol. The molecule has 0 spiro atoms. The van der Waals surface area contributed by atoms with Crippen LogP contribution in [-0.2, 0) is 11.2 Å². The van der Waals surface area contributed by atoms with Gasteiger partial charge >= 0.3 is 0 Å². The van der Waals surface area contributed by atoms with Crippen molar-refractivity contribution < 1.29 is 9.53 Å². The number of nitrogens with zero attached hydrogens (tertiary/aromatic N) is 1. The Morgan fingerprint density at radius 1 is 1.22 bits per heavy atom. The number of para-hydroxylation sites is 1. The molecule has 1 amide bonds. The van der Waals surface area contributed by atoms with Gasteiger partial charge in [-0.25, -0.2) is 0 Å². The van der Waals surface area contributed by atoms with Crippen molar-refractivity contribution in [1.29, 1.82) is 0 Å². The molecule has 6 heteroatoms. The molecule has 2 N–H and O–H groups in total. The second-order valence-corrected chi connectivity index (χ2v) is 6.90. The first-order chi connectivity index (χ1) is 13.2. The maximum absolute atomic E-state index is 11.9. The Kier molecular flexibility index (Phi) is 6.65. The average molecular weight is 384 g/mol. The molecule has 0 radical (unpaired) electrons. The molecule has 142 valence electrons. The normalized spacial score (nSPS) is 13.5. The van der Waals surface area contributed by atoms with Crippen molar-refractivity contribution in [3.05, 3.63) is 54.1 Å². The van der Waals surface area contributed by atoms with E-state index in [-0.39, 0.29) is 5.91 Å². The van der Waals surface area contributed by atoms with Gasteiger partial charge in [-0.05, 0) is 61.3 Å². The van der Waals surface area contributed by atoms with Gasteiger partial charge in [0.25, 0.3) is 0 Å². The Balaban J connectivity index is 1.46. The standard InChI is InChI=1S/C21H25N3O2S/c1-26-19-11-3-2-7-16(19)8-5-13-22-21(27)23-17-9-4-10-18(15-17)24-14-6-12-20(24)25/h2-4,7,9-11,15H,5-6,8,12-14H2,1H3,(H2,22,23,27). The summed E-state index contributed by atoms with van der Waals surface area (Å²) >= 11 is 5.39. The molecule has 1 aliphatic rings. The van der Waals surface area contributed by atoms with Gasteiger partial charge in [0.05, 0.1) is 7.11 Å². The summed E-state index contributed by atoms with van der Waals surface area (Å²) in [5, 5.41) is 7.02. The molecule has 0 bridgehead atoms. The number of anilines is 2. The van der Waals surface area contributed by atoms with Crippen molar-refractivity contribution >= 4 is 34.6 Å². The minimum atomic E-state index is 0.184. The van der Waals surface area contributed by atoms with Gasteiger partial charge in [0.1, 0.15) is 5.75 Å². The first-order valence-electron chi connectivity index (χ1n) is 9.24. The number of thiocarbonyl (C=S) groups is 1. The van der Waals surface area contributed by atoms with Crippen LogP contribution in [0, 0.1) is 0 Å². The number of nitrogens with one attached hydrogen (secondary N) is 2. The Morgan fingerprint density at radius 3 is 2.85 bits per heavy atom. The molecule has 0 saturated carbocycles. The van der Waals surface area contributed by atoms with Crippen molar-refractivity contribution in [3.63, 3.8) is 0 Å². The van der Waals surface area contributed by atoms with E-state index in [0.29, 0.717) is 11.5 Å². The summed E-state index contributed by atoms with van der Waals surface area (Å²) < 4.78 is 5.38. The van der Waals surface area contributed by atoms with Crippen LogP contribution in [0.4, 0.5) is 11.4 Å². The van der Waals surface area contributed by atoms with E-state index >= 15 is 0 Å². The molecule has 5 nitrogen and oxygen atoms in total. The van der Waals surface area contributed by atoms with E-state index in [0.717, 1.165) is 49.5 Å². The third-order valence-electron chi connectivity index (χ3n) is 4.59. The molecule has 1 saturated heterocycles. The minimum Gasteiger partial charge on any atom is -0.496 e. The van der Waals surface area contributed by atoms with Gasteiger partial charge in [0.15, 0.2) is 5.11 Å². The molecular formula is C21H25N3O2S. The second-order valence-electron chi connectivity index (χ2n) is 6.50. The molecule has 2 aromatic rings. The summed E-state index contributed by atoms with van der Waals surface area (Å²) in [6, 6.07) is 15.9. The second kappa shape index (κ2) is 9.37. The van der Waals surface area contributed by atoms with E-state index in [1.165, 1.54) is 5.56 Å². The maximum Gasteiger partial charge on any atom is 0.227 e. The Morgan fingerprint density at radius 2 is 2.07 bits per heavy atom. The third kappa shape index (κ3) is 5.20. The van der Waals surface area contributed by atoms with Crippen molar-refractivity contribution in [3.8, 4) is 5.75 Å². The van der Waals surface area contributed by atoms with E-state index in [1.54, 1.807) is 7.11 Å². The average Bonchev–Trinajstić information content (AvgIpc) is 3.11. The van der Waals surface area contributed by atoms with Crippen LogP contribution >= 0.6 is 12.2 Å². The number of rotatable bonds is 7. The summed E-state index contributed by atoms with van der Waals surface area (Å²) in [6.45, 7) is 1.56. The Hall–Kier alpha value is -2.60. The molecule has 0 atom stereocenters. The van der Waals surface area contributed by atoms with Gasteiger partial charge in [0, 0.05) is 30.9 Å². The highest BCUT2D eigenvalue weighted by Crippen LogP contribution is 2.24. The first kappa shape index (κ1) is 19.2. The lowest BCUT2D eigenvalue weighted by Gasteiger charge is -2.17. The van der Waals surface area contributed by atoms with E-state index in [4.69, 9.17) is 17.0 Å².